The lowest BCUT2D eigenvalue weighted by Gasteiger charge is -2.15. The third-order valence-electron chi connectivity index (χ3n) is 4.60. The molecular formula is C23H23ClN2O3S. The average Bonchev–Trinajstić information content (AvgIpc) is 2.67. The lowest BCUT2D eigenvalue weighted by molar-refractivity contribution is 0.0939. The van der Waals surface area contributed by atoms with E-state index in [0.717, 1.165) is 16.7 Å². The van der Waals surface area contributed by atoms with Crippen LogP contribution in [0.3, 0.4) is 0 Å². The Bertz CT molecular complexity index is 1160. The van der Waals surface area contributed by atoms with Gasteiger partial charge in [0.2, 0.25) is 0 Å². The Labute approximate surface area is 182 Å². The number of benzene rings is 3. The van der Waals surface area contributed by atoms with E-state index in [1.165, 1.54) is 18.2 Å². The fourth-order valence-corrected chi connectivity index (χ4v) is 4.77. The van der Waals surface area contributed by atoms with Crippen molar-refractivity contribution >= 4 is 33.2 Å². The van der Waals surface area contributed by atoms with Gasteiger partial charge in [0.15, 0.2) is 0 Å². The van der Waals surface area contributed by atoms with Gasteiger partial charge in [0.05, 0.1) is 11.1 Å². The van der Waals surface area contributed by atoms with Gasteiger partial charge in [-0.05, 0) is 67.8 Å². The minimum absolute atomic E-state index is 0.0412. The van der Waals surface area contributed by atoms with Crippen molar-refractivity contribution in [3.05, 3.63) is 94.0 Å². The summed E-state index contributed by atoms with van der Waals surface area (Å²) in [5, 5.41) is 2.92. The molecule has 0 aliphatic rings. The molecule has 156 valence electrons. The molecule has 1 atom stereocenters. The van der Waals surface area contributed by atoms with Crippen molar-refractivity contribution < 1.29 is 13.2 Å². The fourth-order valence-electron chi connectivity index (χ4n) is 3.20. The molecule has 1 amide bonds. The molecule has 7 heteroatoms. The number of carbonyl (C=O) groups is 1. The Hall–Kier alpha value is -2.83. The molecule has 0 fully saturated rings. The van der Waals surface area contributed by atoms with Gasteiger partial charge < -0.3 is 5.32 Å². The van der Waals surface area contributed by atoms with Crippen LogP contribution in [-0.2, 0) is 10.0 Å². The topological polar surface area (TPSA) is 75.3 Å². The van der Waals surface area contributed by atoms with Crippen LogP contribution in [0.1, 0.15) is 40.0 Å². The van der Waals surface area contributed by atoms with E-state index in [9.17, 15) is 13.2 Å². The molecule has 0 aromatic heterocycles. The molecule has 0 bridgehead atoms. The smallest absolute Gasteiger partial charge is 0.263 e. The summed E-state index contributed by atoms with van der Waals surface area (Å²) in [7, 11) is -3.98. The normalized spacial score (nSPS) is 12.3. The maximum Gasteiger partial charge on any atom is 0.263 e. The second kappa shape index (κ2) is 8.90. The minimum Gasteiger partial charge on any atom is -0.346 e. The SMILES string of the molecule is Cc1cc(C)cc(NS(=O)(=O)c2cc(C(=O)N[C@@H](C)c3ccccc3)ccc2Cl)c1. The number of amides is 1. The summed E-state index contributed by atoms with van der Waals surface area (Å²) in [5.74, 6) is -0.383. The average molecular weight is 443 g/mol. The monoisotopic (exact) mass is 442 g/mol. The molecule has 3 rings (SSSR count). The number of aryl methyl sites for hydroxylation is 2. The summed E-state index contributed by atoms with van der Waals surface area (Å²) < 4.78 is 28.4. The summed E-state index contributed by atoms with van der Waals surface area (Å²) >= 11 is 6.16. The number of halogens is 1. The fraction of sp³-hybridized carbons (Fsp3) is 0.174. The van der Waals surface area contributed by atoms with Crippen molar-refractivity contribution in [3.8, 4) is 0 Å². The van der Waals surface area contributed by atoms with Crippen LogP contribution in [0.15, 0.2) is 71.6 Å². The van der Waals surface area contributed by atoms with Crippen molar-refractivity contribution in [3.63, 3.8) is 0 Å². The van der Waals surface area contributed by atoms with Gasteiger partial charge in [0.1, 0.15) is 4.90 Å². The minimum atomic E-state index is -3.98. The van der Waals surface area contributed by atoms with Gasteiger partial charge >= 0.3 is 0 Å². The molecule has 0 saturated heterocycles. The quantitative estimate of drug-likeness (QED) is 0.547. The van der Waals surface area contributed by atoms with Crippen LogP contribution in [-0.4, -0.2) is 14.3 Å². The first-order valence-corrected chi connectivity index (χ1v) is 11.3. The molecule has 3 aromatic carbocycles. The Morgan fingerprint density at radius 1 is 0.933 bits per heavy atom. The zero-order valence-corrected chi connectivity index (χ0v) is 18.5. The number of anilines is 1. The Morgan fingerprint density at radius 3 is 2.20 bits per heavy atom. The van der Waals surface area contributed by atoms with Crippen LogP contribution in [0.5, 0.6) is 0 Å². The van der Waals surface area contributed by atoms with Gasteiger partial charge in [-0.25, -0.2) is 8.42 Å². The Morgan fingerprint density at radius 2 is 1.57 bits per heavy atom. The summed E-state index contributed by atoms with van der Waals surface area (Å²) in [4.78, 5) is 12.5. The van der Waals surface area contributed by atoms with Gasteiger partial charge in [-0.2, -0.15) is 0 Å². The van der Waals surface area contributed by atoms with E-state index in [1.54, 1.807) is 12.1 Å². The third kappa shape index (κ3) is 5.20. The van der Waals surface area contributed by atoms with Crippen LogP contribution in [0.25, 0.3) is 0 Å². The first-order valence-electron chi connectivity index (χ1n) is 9.42. The summed E-state index contributed by atoms with van der Waals surface area (Å²) in [5.41, 5.74) is 3.46. The van der Waals surface area contributed by atoms with Crippen molar-refractivity contribution in [2.24, 2.45) is 0 Å². The van der Waals surface area contributed by atoms with Crippen LogP contribution in [0.4, 0.5) is 5.69 Å². The van der Waals surface area contributed by atoms with Crippen LogP contribution >= 0.6 is 11.6 Å². The second-order valence-corrected chi connectivity index (χ2v) is 9.29. The summed E-state index contributed by atoms with van der Waals surface area (Å²) in [6, 6.07) is 18.9. The van der Waals surface area contributed by atoms with E-state index in [-0.39, 0.29) is 27.4 Å². The maximum atomic E-state index is 12.9. The first kappa shape index (κ1) is 21.9. The highest BCUT2D eigenvalue weighted by Crippen LogP contribution is 2.26. The molecule has 5 nitrogen and oxygen atoms in total. The standard InChI is InChI=1S/C23H23ClN2O3S/c1-15-11-16(2)13-20(12-15)26-30(28,29)22-14-19(9-10-21(22)24)23(27)25-17(3)18-7-5-4-6-8-18/h4-14,17,26H,1-3H3,(H,25,27)/t17-/m0/s1. The molecule has 0 aliphatic carbocycles. The van der Waals surface area contributed by atoms with E-state index in [1.807, 2.05) is 57.2 Å². The highest BCUT2D eigenvalue weighted by Gasteiger charge is 2.21. The number of hydrogen-bond acceptors (Lipinski definition) is 3. The molecule has 0 radical (unpaired) electrons. The van der Waals surface area contributed by atoms with Crippen molar-refractivity contribution in [2.45, 2.75) is 31.7 Å². The molecular weight excluding hydrogens is 420 g/mol. The number of hydrogen-bond donors (Lipinski definition) is 2. The number of sulfonamides is 1. The van der Waals surface area contributed by atoms with E-state index < -0.39 is 10.0 Å². The van der Waals surface area contributed by atoms with Gasteiger partial charge in [0.25, 0.3) is 15.9 Å². The number of nitrogens with one attached hydrogen (secondary N) is 2. The van der Waals surface area contributed by atoms with E-state index in [2.05, 4.69) is 10.0 Å². The number of rotatable bonds is 6. The molecule has 30 heavy (non-hydrogen) atoms. The highest BCUT2D eigenvalue weighted by atomic mass is 35.5. The van der Waals surface area contributed by atoms with Gasteiger partial charge in [0, 0.05) is 11.3 Å². The third-order valence-corrected chi connectivity index (χ3v) is 6.47. The Kier molecular flexibility index (Phi) is 6.48. The van der Waals surface area contributed by atoms with Crippen molar-refractivity contribution in [1.29, 1.82) is 0 Å². The summed E-state index contributed by atoms with van der Waals surface area (Å²) in [6.45, 7) is 5.63. The lowest BCUT2D eigenvalue weighted by Crippen LogP contribution is -2.27. The predicted molar refractivity (Wildman–Crippen MR) is 120 cm³/mol. The van der Waals surface area contributed by atoms with Crippen LogP contribution < -0.4 is 10.0 Å². The predicted octanol–water partition coefficient (Wildman–Crippen LogP) is 5.25. The highest BCUT2D eigenvalue weighted by molar-refractivity contribution is 7.92. The maximum absolute atomic E-state index is 12.9. The molecule has 2 N–H and O–H groups in total. The zero-order valence-electron chi connectivity index (χ0n) is 16.9. The van der Waals surface area contributed by atoms with Crippen molar-refractivity contribution in [1.82, 2.24) is 5.32 Å². The van der Waals surface area contributed by atoms with Gasteiger partial charge in [-0.1, -0.05) is 48.0 Å². The summed E-state index contributed by atoms with van der Waals surface area (Å²) in [6.07, 6.45) is 0. The van der Waals surface area contributed by atoms with Crippen LogP contribution in [0.2, 0.25) is 5.02 Å². The largest absolute Gasteiger partial charge is 0.346 e. The van der Waals surface area contributed by atoms with E-state index >= 15 is 0 Å². The molecule has 0 saturated carbocycles. The molecule has 0 aliphatic heterocycles. The van der Waals surface area contributed by atoms with E-state index in [0.29, 0.717) is 5.69 Å². The van der Waals surface area contributed by atoms with Crippen LogP contribution in [0, 0.1) is 13.8 Å². The zero-order chi connectivity index (χ0) is 21.9. The molecule has 0 unspecified atom stereocenters. The number of carbonyl (C=O) groups excluding carboxylic acids is 1. The molecule has 0 spiro atoms. The molecule has 0 heterocycles. The van der Waals surface area contributed by atoms with Crippen molar-refractivity contribution in [2.75, 3.05) is 4.72 Å². The van der Waals surface area contributed by atoms with E-state index in [4.69, 9.17) is 11.6 Å². The first-order chi connectivity index (χ1) is 14.2. The lowest BCUT2D eigenvalue weighted by atomic mass is 10.1. The Balaban J connectivity index is 1.86. The second-order valence-electron chi connectivity index (χ2n) is 7.23. The molecule has 3 aromatic rings. The van der Waals surface area contributed by atoms with Gasteiger partial charge in [-0.3, -0.25) is 9.52 Å². The van der Waals surface area contributed by atoms with Gasteiger partial charge in [-0.15, -0.1) is 0 Å².